The number of carbonyl (C=O) groups excluding carboxylic acids is 2. The molecule has 13 saturated heterocycles. The molecule has 0 radical (unpaired) electrons. The Morgan fingerprint density at radius 1 is 0.275 bits per heavy atom. The summed E-state index contributed by atoms with van der Waals surface area (Å²) in [5, 5.41) is 141. The van der Waals surface area contributed by atoms with Gasteiger partial charge in [-0.05, 0) is 266 Å². The lowest BCUT2D eigenvalue weighted by Gasteiger charge is -2.46. The average molecular weight is 2130 g/mol. The third kappa shape index (κ3) is 28.9. The molecule has 6 unspecified atom stereocenters. The fourth-order valence-electron chi connectivity index (χ4n) is 33.9. The van der Waals surface area contributed by atoms with Crippen LogP contribution in [0, 0.1) is 153 Å². The van der Waals surface area contributed by atoms with Crippen molar-refractivity contribution in [1.29, 1.82) is 0 Å². The molecule has 26 rings (SSSR count). The van der Waals surface area contributed by atoms with E-state index in [1.165, 1.54) is 78.6 Å². The molecule has 26 fully saturated rings. The van der Waals surface area contributed by atoms with Gasteiger partial charge >= 0.3 is 11.9 Å². The molecular formula is C111H199F6N13O19. The van der Waals surface area contributed by atoms with Crippen LogP contribution in [0.2, 0.25) is 0 Å². The minimum atomic E-state index is -2.84. The number of aliphatic hydroxyl groups excluding tert-OH is 14. The fourth-order valence-corrected chi connectivity index (χ4v) is 33.9. The molecule has 0 aromatic rings. The quantitative estimate of drug-likeness (QED) is 0.139. The Morgan fingerprint density at radius 3 is 0.866 bits per heavy atom. The number of alkyl halides is 6. The van der Waals surface area contributed by atoms with E-state index < -0.39 is 91.1 Å². The van der Waals surface area contributed by atoms with E-state index in [0.717, 1.165) is 212 Å². The maximum atomic E-state index is 12.9. The van der Waals surface area contributed by atoms with E-state index in [0.29, 0.717) is 122 Å². The Balaban J connectivity index is 0.000000127. The van der Waals surface area contributed by atoms with Gasteiger partial charge in [-0.3, -0.25) is 9.59 Å². The summed E-state index contributed by atoms with van der Waals surface area (Å²) in [6, 6.07) is 0. The number of hydrogen-bond donors (Lipinski definition) is 15. The summed E-state index contributed by atoms with van der Waals surface area (Å²) in [6.45, 7) is 29.1. The summed E-state index contributed by atoms with van der Waals surface area (Å²) < 4.78 is 88.0. The topological polar surface area (TPSA) is 398 Å². The number of fused-ring (bicyclic) bond motifs is 13. The van der Waals surface area contributed by atoms with E-state index >= 15 is 0 Å². The van der Waals surface area contributed by atoms with Gasteiger partial charge in [-0.15, -0.1) is 0 Å². The number of ether oxygens (including phenoxy) is 2. The van der Waals surface area contributed by atoms with Gasteiger partial charge in [0.2, 0.25) is 0 Å². The van der Waals surface area contributed by atoms with Crippen LogP contribution in [-0.2, 0) is 19.1 Å². The predicted molar refractivity (Wildman–Crippen MR) is 556 cm³/mol. The van der Waals surface area contributed by atoms with Gasteiger partial charge in [0.1, 0.15) is 43.0 Å². The van der Waals surface area contributed by atoms with Crippen molar-refractivity contribution in [3.8, 4) is 0 Å². The van der Waals surface area contributed by atoms with Gasteiger partial charge in [-0.1, -0.05) is 12.8 Å². The normalized spacial score (nSPS) is 47.7. The molecule has 44 atom stereocenters. The summed E-state index contributed by atoms with van der Waals surface area (Å²) in [7, 11) is 26.8. The van der Waals surface area contributed by atoms with Crippen molar-refractivity contribution in [2.45, 2.75) is 258 Å². The number of likely N-dealkylation sites (tertiary alicyclic amines) is 13. The minimum Gasteiger partial charge on any atom is -0.462 e. The SMILES string of the molecule is CC(=O)O[C@@H]1CC[C@H]2CN(C)C[C@H]21.CC(=O)O[C@H]1CC[C@H]2CN(C)C[C@H]21.CN1CC2(CO)CCCCC2(CO)C1.CN1CC2C(O)C(O)C2C1.CN1C[C@@H]2CC(F)(F)[C@H](O)[C@@H]2C1.CN1C[C@@H]2CC[C@@H](O)[C@@H]2C1.CN1C[C@@H]2CC[C@@](O)(CO)[C@@H]2C1.CN1C[C@@H]2CC[C@H](O)[C@@H]2C1.CN1C[C@@H]2C[C@@H](F)[C@@H](O)[C@@H]2C1.CN1C[C@@H]2C[C@@H](F)[C@H](O)[C@@H]2C1.CN1C[C@@H]2C[C@@H](O)[C@@H](O)[C@@H]2C1.CN1C[C@@H]2C[C@H](F)[C@@H](O)[C@@H]2C1.CN1C[C@@H]2C[C@H](F)[C@H](O)[C@@H]2C1. The van der Waals surface area contributed by atoms with Crippen molar-refractivity contribution < 1.29 is 122 Å². The molecule has 32 nitrogen and oxygen atoms in total. The van der Waals surface area contributed by atoms with Crippen LogP contribution in [0.5, 0.6) is 0 Å². The third-order valence-electron chi connectivity index (χ3n) is 41.5. The van der Waals surface area contributed by atoms with E-state index in [9.17, 15) is 107 Å². The highest BCUT2D eigenvalue weighted by atomic mass is 19.3. The molecule has 13 aliphatic heterocycles. The number of nitrogens with zero attached hydrogens (tertiary/aromatic N) is 13. The second-order valence-electron chi connectivity index (χ2n) is 53.0. The number of aliphatic hydroxyl groups is 15. The predicted octanol–water partition coefficient (Wildman–Crippen LogP) is 2.38. The molecule has 864 valence electrons. The summed E-state index contributed by atoms with van der Waals surface area (Å²) in [5.41, 5.74) is -0.807. The van der Waals surface area contributed by atoms with E-state index in [1.54, 1.807) is 0 Å². The molecule has 0 amide bonds. The molecular weight excluding hydrogens is 1930 g/mol. The van der Waals surface area contributed by atoms with Gasteiger partial charge in [0, 0.05) is 278 Å². The van der Waals surface area contributed by atoms with Crippen LogP contribution in [0.4, 0.5) is 26.3 Å². The molecule has 0 bridgehead atoms. The van der Waals surface area contributed by atoms with Crippen molar-refractivity contribution in [3.05, 3.63) is 0 Å². The molecule has 13 saturated carbocycles. The van der Waals surface area contributed by atoms with Gasteiger partial charge in [-0.25, -0.2) is 26.3 Å². The Morgan fingerprint density at radius 2 is 0.550 bits per heavy atom. The van der Waals surface area contributed by atoms with Gasteiger partial charge in [0.25, 0.3) is 5.92 Å². The Labute approximate surface area is 885 Å². The van der Waals surface area contributed by atoms with Gasteiger partial charge in [0.15, 0.2) is 0 Å². The summed E-state index contributed by atoms with van der Waals surface area (Å²) in [5.74, 6) is 7.21. The maximum absolute atomic E-state index is 12.9. The Bertz CT molecular complexity index is 3800. The van der Waals surface area contributed by atoms with E-state index in [1.807, 2.05) is 47.2 Å². The highest BCUT2D eigenvalue weighted by molar-refractivity contribution is 5.66. The van der Waals surface area contributed by atoms with E-state index in [4.69, 9.17) is 14.6 Å². The fraction of sp³-hybridized carbons (Fsp3) is 0.982. The molecule has 0 spiro atoms. The van der Waals surface area contributed by atoms with Crippen LogP contribution in [0.25, 0.3) is 0 Å². The van der Waals surface area contributed by atoms with Crippen LogP contribution in [-0.4, -0.2) is 549 Å². The van der Waals surface area contributed by atoms with Crippen LogP contribution in [0.3, 0.4) is 0 Å². The second-order valence-corrected chi connectivity index (χ2v) is 53.0. The summed E-state index contributed by atoms with van der Waals surface area (Å²) in [4.78, 5) is 50.6. The average Bonchev–Trinajstić information content (AvgIpc) is 1.40. The lowest BCUT2D eigenvalue weighted by molar-refractivity contribution is -0.149. The highest BCUT2D eigenvalue weighted by Gasteiger charge is 2.61. The van der Waals surface area contributed by atoms with Gasteiger partial charge < -0.3 is 150 Å². The van der Waals surface area contributed by atoms with Crippen LogP contribution >= 0.6 is 0 Å². The largest absolute Gasteiger partial charge is 0.462 e. The maximum Gasteiger partial charge on any atom is 0.302 e. The lowest BCUT2D eigenvalue weighted by atomic mass is 9.58. The standard InChI is InChI=1S/C11H21NO2.2C10H17NO2.C9H17NO2.C8H13F2NO.4C8H14FNO.C8H15NO2.2C8H15NO.C7H13NO2/c1-12-6-10(8-13)4-2-3-5-11(10,7-12)9-14;2*1-7(12)13-10-4-3-8-5-11(2)6-9(8)10;1-10-4-7-2-3-9(12,6-11)8(7)5-10;1-11-3-5-2-8(9,10)7(12)6(5)4-11;4*1-10-3-5-2-7(9)8(11)6(5)4-10;1-9-3-5-2-7(10)8(11)6(5)4-9;2*1-9-4-6-2-3-8(10)7(6)5-9;1-8-2-4-5(3-8)7(10)6(4)9/h13-14H,2-9H2,1H3;2*8-10H,3-6H2,1-2H3;7-8,11-12H,2-6H2,1H3;5-7,12H,2-4H2,1H3;4*5-8,11H,2-4H2,1H3;5-8,10-11H,2-4H2,1H3;2*6-8,10H,2-5H2,1H3;4-7,9-10H,2-3H2,1H3/t;8-,9+,10+;8-,9+,10-;7-,8+,9+;5-,6+,7+;5-,6+,7+,8+;5-,6+,7+,8-;5-,6+,7-,8+;5-,6+,7-,8-;5-,6+,7+,8-;6-,7+,8+;6-,7+,8-;/m.00000000000./s1. The van der Waals surface area contributed by atoms with Gasteiger partial charge in [-0.2, -0.15) is 0 Å². The molecule has 13 heterocycles. The van der Waals surface area contributed by atoms with Crippen molar-refractivity contribution in [3.63, 3.8) is 0 Å². The van der Waals surface area contributed by atoms with Crippen LogP contribution in [0.15, 0.2) is 0 Å². The molecule has 13 aliphatic carbocycles. The van der Waals surface area contributed by atoms with Crippen molar-refractivity contribution in [2.75, 3.05) is 282 Å². The Kier molecular flexibility index (Phi) is 42.9. The number of hydrogen-bond acceptors (Lipinski definition) is 32. The number of halogens is 6. The Hall–Kier alpha value is -2.60. The summed E-state index contributed by atoms with van der Waals surface area (Å²) in [6.07, 6.45) is 9.11. The lowest BCUT2D eigenvalue weighted by Crippen LogP contribution is -2.54. The number of carbonyl (C=O) groups is 2. The minimum absolute atomic E-state index is 0.000000000000000444. The zero-order valence-electron chi connectivity index (χ0n) is 92.7. The molecule has 38 heteroatoms. The van der Waals surface area contributed by atoms with Crippen molar-refractivity contribution in [1.82, 2.24) is 63.7 Å². The van der Waals surface area contributed by atoms with Crippen LogP contribution < -0.4 is 0 Å². The smallest absolute Gasteiger partial charge is 0.302 e. The molecule has 149 heavy (non-hydrogen) atoms. The molecule has 0 aromatic heterocycles. The van der Waals surface area contributed by atoms with Gasteiger partial charge in [0.05, 0.1) is 86.5 Å². The van der Waals surface area contributed by atoms with Crippen molar-refractivity contribution in [2.24, 2.45) is 153 Å². The first-order valence-electron chi connectivity index (χ1n) is 57.6. The zero-order valence-corrected chi connectivity index (χ0v) is 92.7. The van der Waals surface area contributed by atoms with Crippen molar-refractivity contribution >= 4 is 11.9 Å². The molecule has 26 aliphatic rings. The first kappa shape index (κ1) is 122. The monoisotopic (exact) mass is 2130 g/mol. The zero-order chi connectivity index (χ0) is 108. The molecule has 15 N–H and O–H groups in total. The highest BCUT2D eigenvalue weighted by Crippen LogP contribution is 2.56. The van der Waals surface area contributed by atoms with E-state index in [2.05, 4.69) is 108 Å². The molecule has 0 aromatic carbocycles. The second kappa shape index (κ2) is 52.5. The number of esters is 2. The number of rotatable bonds is 5. The summed E-state index contributed by atoms with van der Waals surface area (Å²) >= 11 is 0. The van der Waals surface area contributed by atoms with Crippen LogP contribution in [0.1, 0.15) is 142 Å². The first-order chi connectivity index (χ1) is 70.3. The van der Waals surface area contributed by atoms with E-state index in [-0.39, 0.29) is 109 Å². The third-order valence-corrected chi connectivity index (χ3v) is 41.5. The first-order valence-corrected chi connectivity index (χ1v) is 57.6.